The van der Waals surface area contributed by atoms with Crippen molar-refractivity contribution >= 4 is 46.4 Å². The summed E-state index contributed by atoms with van der Waals surface area (Å²) in [6, 6.07) is 8.48. The molecule has 8 rings (SSSR count). The smallest absolute Gasteiger partial charge is 0.399 e. The fraction of sp³-hybridized carbons (Fsp3) is 0.429. The van der Waals surface area contributed by atoms with Crippen molar-refractivity contribution in [2.75, 3.05) is 82.9 Å². The highest BCUT2D eigenvalue weighted by Crippen LogP contribution is 2.44. The van der Waals surface area contributed by atoms with E-state index in [4.69, 9.17) is 38.6 Å². The van der Waals surface area contributed by atoms with Gasteiger partial charge >= 0.3 is 6.08 Å². The molecule has 4 aromatic heterocycles. The van der Waals surface area contributed by atoms with Crippen LogP contribution >= 0.6 is 11.3 Å². The third kappa shape index (κ3) is 11.8. The number of nitrogens with zero attached hydrogens (tertiary/aromatic N) is 6. The first-order chi connectivity index (χ1) is 34.0. The number of nitrogens with two attached hydrogens (primary N) is 1. The highest BCUT2D eigenvalue weighted by atomic mass is 32.1. The molecular weight excluding hydrogens is 933 g/mol. The second-order valence-corrected chi connectivity index (χ2v) is 18.9. The Morgan fingerprint density at radius 1 is 0.662 bits per heavy atom. The van der Waals surface area contributed by atoms with Gasteiger partial charge in [0.15, 0.2) is 17.1 Å². The van der Waals surface area contributed by atoms with Gasteiger partial charge in [-0.1, -0.05) is 51.2 Å². The van der Waals surface area contributed by atoms with Gasteiger partial charge in [0.2, 0.25) is 35.4 Å². The van der Waals surface area contributed by atoms with Gasteiger partial charge in [-0.3, -0.25) is 9.59 Å². The molecule has 2 aliphatic rings. The summed E-state index contributed by atoms with van der Waals surface area (Å²) in [5.41, 5.74) is 13.6. The molecule has 0 saturated carbocycles. The van der Waals surface area contributed by atoms with E-state index in [-0.39, 0.29) is 69.1 Å². The Balaban J connectivity index is 0.000000209. The molecule has 0 unspecified atom stereocenters. The van der Waals surface area contributed by atoms with Crippen LogP contribution in [0.1, 0.15) is 94.9 Å². The lowest BCUT2D eigenvalue weighted by atomic mass is 9.86. The van der Waals surface area contributed by atoms with E-state index in [0.717, 1.165) is 42.6 Å². The summed E-state index contributed by atoms with van der Waals surface area (Å²) in [7, 11) is 7.61. The van der Waals surface area contributed by atoms with Crippen LogP contribution in [0.25, 0.3) is 0 Å². The number of hydrogen-bond acceptors (Lipinski definition) is 20. The number of thiazole rings is 1. The average Bonchev–Trinajstić information content (AvgIpc) is 4.15. The van der Waals surface area contributed by atoms with E-state index < -0.39 is 11.8 Å². The van der Waals surface area contributed by atoms with Gasteiger partial charge < -0.3 is 65.2 Å². The minimum absolute atomic E-state index is 0.0180. The Bertz CT molecular complexity index is 2830. The second kappa shape index (κ2) is 22.2. The number of carbonyl (C=O) groups is 2. The number of ether oxygens (including phenoxy) is 6. The predicted octanol–water partition coefficient (Wildman–Crippen LogP) is 7.59. The van der Waals surface area contributed by atoms with Gasteiger partial charge in [-0.25, -0.2) is 0 Å². The molecule has 22 heteroatoms. The van der Waals surface area contributed by atoms with E-state index >= 15 is 0 Å². The molecule has 0 radical (unpaired) electrons. The van der Waals surface area contributed by atoms with E-state index in [1.54, 1.807) is 5.38 Å². The monoisotopic (exact) mass is 994 g/mol. The molecule has 0 saturated heterocycles. The summed E-state index contributed by atoms with van der Waals surface area (Å²) in [4.78, 5) is 51.6. The van der Waals surface area contributed by atoms with Crippen LogP contribution < -0.4 is 60.7 Å². The van der Waals surface area contributed by atoms with E-state index in [2.05, 4.69) is 102 Å². The number of oxazole rings is 1. The molecule has 0 bridgehead atoms. The minimum atomic E-state index is -0.559. The van der Waals surface area contributed by atoms with Crippen LogP contribution in [0.2, 0.25) is 0 Å². The Labute approximate surface area is 416 Å². The molecule has 71 heavy (non-hydrogen) atoms. The molecule has 21 nitrogen and oxygen atoms in total. The molecule has 0 fully saturated rings. The van der Waals surface area contributed by atoms with Gasteiger partial charge in [0.1, 0.15) is 23.5 Å². The number of methoxy groups -OCH3 is 4. The van der Waals surface area contributed by atoms with Crippen molar-refractivity contribution < 1.29 is 42.4 Å². The Hall–Kier alpha value is -7.30. The normalized spacial score (nSPS) is 13.7. The topological polar surface area (TPSA) is 266 Å². The Morgan fingerprint density at radius 2 is 1.14 bits per heavy atom. The van der Waals surface area contributed by atoms with E-state index in [0.29, 0.717) is 43.1 Å². The largest absolute Gasteiger partial charge is 0.479 e. The number of rotatable bonds is 19. The number of anilines is 4. The molecule has 7 N–H and O–H groups in total. The van der Waals surface area contributed by atoms with Gasteiger partial charge in [-0.05, 0) is 103 Å². The van der Waals surface area contributed by atoms with Gasteiger partial charge in [0, 0.05) is 31.6 Å². The Kier molecular flexibility index (Phi) is 16.1. The summed E-state index contributed by atoms with van der Waals surface area (Å²) < 4.78 is 38.8. The number of carbonyl (C=O) groups excluding carboxylic acids is 2. The van der Waals surface area contributed by atoms with E-state index in [9.17, 15) is 9.59 Å². The number of likely N-dealkylation sites (N-methyl/N-ethyl adjacent to an activating group) is 1. The molecule has 6 aromatic rings. The summed E-state index contributed by atoms with van der Waals surface area (Å²) in [6.07, 6.45) is 5.54. The second-order valence-electron chi connectivity index (χ2n) is 18.1. The first-order valence-corrected chi connectivity index (χ1v) is 23.9. The van der Waals surface area contributed by atoms with E-state index in [1.165, 1.54) is 68.3 Å². The van der Waals surface area contributed by atoms with Crippen molar-refractivity contribution in [3.05, 3.63) is 80.7 Å². The summed E-state index contributed by atoms with van der Waals surface area (Å²) in [5, 5.41) is 16.5. The van der Waals surface area contributed by atoms with Crippen molar-refractivity contribution in [3.63, 3.8) is 0 Å². The summed E-state index contributed by atoms with van der Waals surface area (Å²) >= 11 is 1.25. The third-order valence-electron chi connectivity index (χ3n) is 12.1. The van der Waals surface area contributed by atoms with Crippen LogP contribution in [0.5, 0.6) is 46.3 Å². The van der Waals surface area contributed by atoms with Crippen molar-refractivity contribution in [3.8, 4) is 46.3 Å². The number of hydrogen-bond donors (Lipinski definition) is 6. The zero-order chi connectivity index (χ0) is 51.0. The Morgan fingerprint density at radius 3 is 1.62 bits per heavy atom. The SMILES string of the molecule is CNCCNc1nc(OC)c(NC(=O)c2coc(Oc3cc4c(cc3C)CCC4(C)C)n2)c(OC)n1.COc1nc(NCCN)nc(OC)c1NC(=O)c1csc(Oc2cc3c(cc2C)CCC3(C)C)n1. The molecule has 378 valence electrons. The van der Waals surface area contributed by atoms with Crippen molar-refractivity contribution in [1.29, 1.82) is 0 Å². The average molecular weight is 995 g/mol. The van der Waals surface area contributed by atoms with E-state index in [1.807, 2.05) is 27.0 Å². The summed E-state index contributed by atoms with van der Waals surface area (Å²) in [5.74, 6) is 1.52. The van der Waals surface area contributed by atoms with Gasteiger partial charge in [0.05, 0.1) is 28.4 Å². The van der Waals surface area contributed by atoms with Crippen LogP contribution in [0.3, 0.4) is 0 Å². The molecule has 4 heterocycles. The van der Waals surface area contributed by atoms with Gasteiger partial charge in [-0.15, -0.1) is 0 Å². The zero-order valence-electron chi connectivity index (χ0n) is 42.0. The van der Waals surface area contributed by atoms with Gasteiger partial charge in [-0.2, -0.15) is 29.9 Å². The molecule has 2 amide bonds. The molecule has 0 atom stereocenters. The third-order valence-corrected chi connectivity index (χ3v) is 12.9. The van der Waals surface area contributed by atoms with Crippen molar-refractivity contribution in [1.82, 2.24) is 35.2 Å². The fourth-order valence-electron chi connectivity index (χ4n) is 8.20. The van der Waals surface area contributed by atoms with Gasteiger partial charge in [0.25, 0.3) is 17.0 Å². The summed E-state index contributed by atoms with van der Waals surface area (Å²) in [6.45, 7) is 15.1. The lowest BCUT2D eigenvalue weighted by Gasteiger charge is -2.20. The van der Waals surface area contributed by atoms with Crippen molar-refractivity contribution in [2.24, 2.45) is 5.73 Å². The van der Waals surface area contributed by atoms with Crippen LogP contribution in [-0.2, 0) is 23.7 Å². The quantitative estimate of drug-likeness (QED) is 0.0427. The number of amides is 2. The number of nitrogens with one attached hydrogen (secondary N) is 5. The standard InChI is InChI=1S/C25H32N6O5.C24H30N6O4S/c1-14-11-15-7-8-25(2,3)16(15)12-18(14)36-24-28-17(13-35-24)20(32)29-19-21(33-5)30-23(27-10-9-26-4)31-22(19)34-6;1-13-10-14-6-7-24(2,3)15(14)11-17(13)34-23-27-16(12-35-23)19(31)28-18-20(32-4)29-22(26-9-8-25)30-21(18)33-5/h11-13,26H,7-10H2,1-6H3,(H,29,32)(H,27,30,31);10-12H,6-9,25H2,1-5H3,(H,28,31)(H,26,29,30). The first-order valence-electron chi connectivity index (χ1n) is 23.0. The number of fused-ring (bicyclic) bond motifs is 2. The zero-order valence-corrected chi connectivity index (χ0v) is 42.8. The first kappa shape index (κ1) is 51.5. The maximum atomic E-state index is 13.0. The molecular formula is C49H62N12O9S. The molecule has 2 aliphatic carbocycles. The van der Waals surface area contributed by atoms with Crippen molar-refractivity contribution in [2.45, 2.75) is 78.1 Å². The highest BCUT2D eigenvalue weighted by molar-refractivity contribution is 7.11. The molecule has 0 spiro atoms. The highest BCUT2D eigenvalue weighted by Gasteiger charge is 2.33. The van der Waals surface area contributed by atoms with Crippen LogP contribution in [0.15, 0.2) is 40.3 Å². The van der Waals surface area contributed by atoms with Crippen LogP contribution in [0, 0.1) is 13.8 Å². The fourth-order valence-corrected chi connectivity index (χ4v) is 8.86. The minimum Gasteiger partial charge on any atom is -0.479 e. The molecule has 2 aromatic carbocycles. The molecule has 0 aliphatic heterocycles. The maximum absolute atomic E-state index is 13.0. The lowest BCUT2D eigenvalue weighted by Crippen LogP contribution is -2.20. The number of aryl methyl sites for hydroxylation is 4. The lowest BCUT2D eigenvalue weighted by molar-refractivity contribution is 0.101. The van der Waals surface area contributed by atoms with Crippen LogP contribution in [-0.4, -0.2) is 103 Å². The number of benzene rings is 2. The van der Waals surface area contributed by atoms with Crippen LogP contribution in [0.4, 0.5) is 23.3 Å². The maximum Gasteiger partial charge on any atom is 0.399 e. The number of aromatic nitrogens is 6. The predicted molar refractivity (Wildman–Crippen MR) is 270 cm³/mol.